The van der Waals surface area contributed by atoms with Crippen LogP contribution in [0.15, 0.2) is 23.3 Å². The Balaban J connectivity index is 2.59. The molecule has 0 N–H and O–H groups in total. The van der Waals surface area contributed by atoms with E-state index in [1.807, 2.05) is 12.2 Å². The van der Waals surface area contributed by atoms with E-state index in [2.05, 4.69) is 13.0 Å². The zero-order chi connectivity index (χ0) is 6.69. The molecule has 0 bridgehead atoms. The van der Waals surface area contributed by atoms with Gasteiger partial charge < -0.3 is 0 Å². The molecule has 0 aliphatic heterocycles. The first-order chi connectivity index (χ1) is 4.34. The van der Waals surface area contributed by atoms with Crippen molar-refractivity contribution in [2.24, 2.45) is 5.92 Å². The lowest BCUT2D eigenvalue weighted by molar-refractivity contribution is 0.621. The third-order valence-electron chi connectivity index (χ3n) is 1.69. The molecule has 0 aromatic rings. The Morgan fingerprint density at radius 1 is 1.78 bits per heavy atom. The van der Waals surface area contributed by atoms with Crippen LogP contribution in [0.2, 0.25) is 0 Å². The minimum absolute atomic E-state index is 0.594. The second-order valence-electron chi connectivity index (χ2n) is 2.32. The van der Waals surface area contributed by atoms with E-state index < -0.39 is 0 Å². The van der Waals surface area contributed by atoms with Crippen molar-refractivity contribution in [3.05, 3.63) is 23.3 Å². The highest BCUT2D eigenvalue weighted by atomic mass is 35.5. The summed E-state index contributed by atoms with van der Waals surface area (Å²) in [7, 11) is 0. The Labute approximate surface area is 61.2 Å². The van der Waals surface area contributed by atoms with Gasteiger partial charge in [0.2, 0.25) is 0 Å². The molecular weight excluding hydrogens is 132 g/mol. The van der Waals surface area contributed by atoms with E-state index in [4.69, 9.17) is 11.6 Å². The van der Waals surface area contributed by atoms with Crippen LogP contribution in [0.25, 0.3) is 0 Å². The van der Waals surface area contributed by atoms with Gasteiger partial charge in [-0.1, -0.05) is 30.7 Å². The molecule has 1 rings (SSSR count). The molecule has 1 heteroatoms. The summed E-state index contributed by atoms with van der Waals surface area (Å²) in [5, 5.41) is 1.01. The SMILES string of the molecule is CCC1CC=CC=C1Cl. The van der Waals surface area contributed by atoms with Crippen LogP contribution >= 0.6 is 11.6 Å². The van der Waals surface area contributed by atoms with E-state index in [1.54, 1.807) is 0 Å². The van der Waals surface area contributed by atoms with Gasteiger partial charge in [-0.15, -0.1) is 0 Å². The molecule has 0 nitrogen and oxygen atoms in total. The Morgan fingerprint density at radius 2 is 2.56 bits per heavy atom. The van der Waals surface area contributed by atoms with Crippen molar-refractivity contribution in [3.8, 4) is 0 Å². The smallest absolute Gasteiger partial charge is 0.0214 e. The molecule has 0 saturated heterocycles. The number of hydrogen-bond donors (Lipinski definition) is 0. The normalized spacial score (nSPS) is 26.0. The van der Waals surface area contributed by atoms with Crippen molar-refractivity contribution in [2.45, 2.75) is 19.8 Å². The van der Waals surface area contributed by atoms with Crippen molar-refractivity contribution >= 4 is 11.6 Å². The predicted molar refractivity (Wildman–Crippen MR) is 41.5 cm³/mol. The standard InChI is InChI=1S/C8H11Cl/c1-2-7-5-3-4-6-8(7)9/h3-4,6-7H,2,5H2,1H3. The van der Waals surface area contributed by atoms with Crippen LogP contribution in [0.3, 0.4) is 0 Å². The van der Waals surface area contributed by atoms with Crippen LogP contribution in [0.4, 0.5) is 0 Å². The molecule has 0 aromatic heterocycles. The fourth-order valence-corrected chi connectivity index (χ4v) is 1.33. The highest BCUT2D eigenvalue weighted by molar-refractivity contribution is 6.30. The van der Waals surface area contributed by atoms with Crippen molar-refractivity contribution in [1.29, 1.82) is 0 Å². The first-order valence-electron chi connectivity index (χ1n) is 3.36. The molecule has 0 heterocycles. The van der Waals surface area contributed by atoms with Crippen LogP contribution in [0.5, 0.6) is 0 Å². The van der Waals surface area contributed by atoms with E-state index in [-0.39, 0.29) is 0 Å². The molecule has 0 radical (unpaired) electrons. The number of halogens is 1. The van der Waals surface area contributed by atoms with Crippen molar-refractivity contribution in [2.75, 3.05) is 0 Å². The first kappa shape index (κ1) is 6.88. The van der Waals surface area contributed by atoms with E-state index in [1.165, 1.54) is 0 Å². The van der Waals surface area contributed by atoms with E-state index in [0.29, 0.717) is 5.92 Å². The summed E-state index contributed by atoms with van der Waals surface area (Å²) in [4.78, 5) is 0. The molecule has 1 aliphatic carbocycles. The Hall–Kier alpha value is -0.230. The van der Waals surface area contributed by atoms with Gasteiger partial charge in [0.25, 0.3) is 0 Å². The van der Waals surface area contributed by atoms with Crippen molar-refractivity contribution in [3.63, 3.8) is 0 Å². The zero-order valence-corrected chi connectivity index (χ0v) is 6.36. The van der Waals surface area contributed by atoms with Gasteiger partial charge in [0.15, 0.2) is 0 Å². The molecule has 50 valence electrons. The van der Waals surface area contributed by atoms with Gasteiger partial charge in [-0.25, -0.2) is 0 Å². The fourth-order valence-electron chi connectivity index (χ4n) is 1.01. The number of allylic oxidation sites excluding steroid dienone is 4. The quantitative estimate of drug-likeness (QED) is 0.528. The number of rotatable bonds is 1. The van der Waals surface area contributed by atoms with Gasteiger partial charge in [0, 0.05) is 5.03 Å². The van der Waals surface area contributed by atoms with E-state index >= 15 is 0 Å². The maximum atomic E-state index is 5.89. The third kappa shape index (κ3) is 1.59. The molecule has 0 aromatic carbocycles. The highest BCUT2D eigenvalue weighted by Gasteiger charge is 2.09. The molecule has 1 unspecified atom stereocenters. The third-order valence-corrected chi connectivity index (χ3v) is 2.13. The largest absolute Gasteiger partial charge is 0.0888 e. The average Bonchev–Trinajstić information content (AvgIpc) is 1.89. The lowest BCUT2D eigenvalue weighted by atomic mass is 9.98. The summed E-state index contributed by atoms with van der Waals surface area (Å²) < 4.78 is 0. The minimum atomic E-state index is 0.594. The van der Waals surface area contributed by atoms with Gasteiger partial charge in [-0.3, -0.25) is 0 Å². The maximum Gasteiger partial charge on any atom is 0.0214 e. The monoisotopic (exact) mass is 142 g/mol. The van der Waals surface area contributed by atoms with Gasteiger partial charge in [-0.05, 0) is 24.8 Å². The Bertz CT molecular complexity index is 145. The molecule has 0 fully saturated rings. The topological polar surface area (TPSA) is 0 Å². The summed E-state index contributed by atoms with van der Waals surface area (Å²) in [6.07, 6.45) is 8.44. The molecule has 0 amide bonds. The second kappa shape index (κ2) is 3.07. The van der Waals surface area contributed by atoms with Gasteiger partial charge in [-0.2, -0.15) is 0 Å². The minimum Gasteiger partial charge on any atom is -0.0888 e. The lowest BCUT2D eigenvalue weighted by Crippen LogP contribution is -1.99. The van der Waals surface area contributed by atoms with Crippen LogP contribution in [-0.4, -0.2) is 0 Å². The first-order valence-corrected chi connectivity index (χ1v) is 3.74. The predicted octanol–water partition coefficient (Wildman–Crippen LogP) is 3.10. The van der Waals surface area contributed by atoms with Crippen LogP contribution in [-0.2, 0) is 0 Å². The Morgan fingerprint density at radius 3 is 3.00 bits per heavy atom. The average molecular weight is 143 g/mol. The lowest BCUT2D eigenvalue weighted by Gasteiger charge is -2.13. The molecule has 0 spiro atoms. The molecular formula is C8H11Cl. The maximum absolute atomic E-state index is 5.89. The summed E-state index contributed by atoms with van der Waals surface area (Å²) in [6.45, 7) is 2.17. The van der Waals surface area contributed by atoms with Crippen LogP contribution < -0.4 is 0 Å². The molecule has 1 aliphatic rings. The van der Waals surface area contributed by atoms with Crippen LogP contribution in [0, 0.1) is 5.92 Å². The fraction of sp³-hybridized carbons (Fsp3) is 0.500. The molecule has 0 saturated carbocycles. The molecule has 9 heavy (non-hydrogen) atoms. The summed E-state index contributed by atoms with van der Waals surface area (Å²) in [6, 6.07) is 0. The number of hydrogen-bond acceptors (Lipinski definition) is 0. The Kier molecular flexibility index (Phi) is 2.35. The van der Waals surface area contributed by atoms with Gasteiger partial charge in [0.05, 0.1) is 0 Å². The summed E-state index contributed by atoms with van der Waals surface area (Å²) >= 11 is 5.89. The van der Waals surface area contributed by atoms with Crippen LogP contribution in [0.1, 0.15) is 19.8 Å². The molecule has 1 atom stereocenters. The van der Waals surface area contributed by atoms with E-state index in [9.17, 15) is 0 Å². The second-order valence-corrected chi connectivity index (χ2v) is 2.76. The zero-order valence-electron chi connectivity index (χ0n) is 5.60. The van der Waals surface area contributed by atoms with Crippen molar-refractivity contribution < 1.29 is 0 Å². The van der Waals surface area contributed by atoms with Gasteiger partial charge in [0.1, 0.15) is 0 Å². The van der Waals surface area contributed by atoms with Crippen molar-refractivity contribution in [1.82, 2.24) is 0 Å². The van der Waals surface area contributed by atoms with E-state index in [0.717, 1.165) is 17.9 Å². The summed E-state index contributed by atoms with van der Waals surface area (Å²) in [5.41, 5.74) is 0. The van der Waals surface area contributed by atoms with Gasteiger partial charge >= 0.3 is 0 Å². The highest BCUT2D eigenvalue weighted by Crippen LogP contribution is 2.25. The summed E-state index contributed by atoms with van der Waals surface area (Å²) in [5.74, 6) is 0.594.